The van der Waals surface area contributed by atoms with Crippen LogP contribution in [0.3, 0.4) is 0 Å². The Morgan fingerprint density at radius 1 is 1.07 bits per heavy atom. The number of carbonyl (C=O) groups is 1. The first-order chi connectivity index (χ1) is 19.4. The van der Waals surface area contributed by atoms with Crippen LogP contribution in [0.4, 0.5) is 5.69 Å². The monoisotopic (exact) mass is 544 g/mol. The molecule has 1 atom stereocenters. The summed E-state index contributed by atoms with van der Waals surface area (Å²) < 4.78 is 8.30. The zero-order valence-electron chi connectivity index (χ0n) is 25.1. The van der Waals surface area contributed by atoms with Gasteiger partial charge in [0.25, 0.3) is 0 Å². The number of aromatic nitrogens is 3. The predicted octanol–water partition coefficient (Wildman–Crippen LogP) is 7.78. The maximum atomic E-state index is 11.4. The van der Waals surface area contributed by atoms with Crippen molar-refractivity contribution in [1.29, 1.82) is 0 Å². The first kappa shape index (κ1) is 30.0. The van der Waals surface area contributed by atoms with Crippen LogP contribution in [0.5, 0.6) is 0 Å². The molecule has 0 bridgehead atoms. The van der Waals surface area contributed by atoms with E-state index in [-0.39, 0.29) is 5.92 Å². The lowest BCUT2D eigenvalue weighted by molar-refractivity contribution is -0.108. The minimum Gasteiger partial charge on any atom is -0.388 e. The van der Waals surface area contributed by atoms with E-state index in [4.69, 9.17) is 4.74 Å². The van der Waals surface area contributed by atoms with Crippen molar-refractivity contribution in [3.05, 3.63) is 76.9 Å². The summed E-state index contributed by atoms with van der Waals surface area (Å²) in [4.78, 5) is 11.4. The molecular weight excluding hydrogens is 496 g/mol. The van der Waals surface area contributed by atoms with E-state index in [1.54, 1.807) is 0 Å². The number of aryl methyl sites for hydroxylation is 2. The molecule has 40 heavy (non-hydrogen) atoms. The SMILES string of the molecule is CC(C)CC1CC(c2nnc([C@H](CC=O)CCOCc3ccccc3)n2C2CC2)C1.CNc1ccc(C)cc1C. The maximum absolute atomic E-state index is 11.4. The lowest BCUT2D eigenvalue weighted by Gasteiger charge is -2.36. The van der Waals surface area contributed by atoms with Crippen molar-refractivity contribution in [1.82, 2.24) is 14.8 Å². The average Bonchev–Trinajstić information content (AvgIpc) is 3.67. The van der Waals surface area contributed by atoms with E-state index in [9.17, 15) is 4.79 Å². The Bertz CT molecular complexity index is 1200. The number of ether oxygens (including phenoxy) is 1. The number of anilines is 1. The smallest absolute Gasteiger partial charge is 0.136 e. The van der Waals surface area contributed by atoms with Crippen molar-refractivity contribution in [2.24, 2.45) is 11.8 Å². The van der Waals surface area contributed by atoms with Crippen molar-refractivity contribution in [2.45, 2.75) is 97.1 Å². The summed E-state index contributed by atoms with van der Waals surface area (Å²) in [5.41, 5.74) is 5.01. The number of rotatable bonds is 13. The molecule has 2 aliphatic carbocycles. The van der Waals surface area contributed by atoms with Crippen LogP contribution in [-0.4, -0.2) is 34.7 Å². The first-order valence-electron chi connectivity index (χ1n) is 15.1. The van der Waals surface area contributed by atoms with Gasteiger partial charge in [-0.15, -0.1) is 10.2 Å². The van der Waals surface area contributed by atoms with Gasteiger partial charge in [0.05, 0.1) is 6.61 Å². The van der Waals surface area contributed by atoms with Crippen molar-refractivity contribution in [3.8, 4) is 0 Å². The molecule has 0 spiro atoms. The topological polar surface area (TPSA) is 69.0 Å². The Morgan fingerprint density at radius 2 is 1.82 bits per heavy atom. The fraction of sp³-hybridized carbons (Fsp3) is 0.559. The van der Waals surface area contributed by atoms with Crippen LogP contribution in [0.1, 0.15) is 105 Å². The molecule has 0 aliphatic heterocycles. The molecule has 2 fully saturated rings. The Morgan fingerprint density at radius 3 is 2.45 bits per heavy atom. The molecule has 0 saturated heterocycles. The Kier molecular flexibility index (Phi) is 10.9. The van der Waals surface area contributed by atoms with Crippen molar-refractivity contribution in [3.63, 3.8) is 0 Å². The van der Waals surface area contributed by atoms with Crippen molar-refractivity contribution in [2.75, 3.05) is 19.0 Å². The highest BCUT2D eigenvalue weighted by molar-refractivity contribution is 5.51. The summed E-state index contributed by atoms with van der Waals surface area (Å²) in [5, 5.41) is 12.4. The second kappa shape index (κ2) is 14.6. The molecule has 3 aromatic rings. The van der Waals surface area contributed by atoms with Gasteiger partial charge in [-0.05, 0) is 81.4 Å². The second-order valence-electron chi connectivity index (χ2n) is 12.2. The molecule has 2 aromatic carbocycles. The van der Waals surface area contributed by atoms with Crippen LogP contribution < -0.4 is 5.32 Å². The fourth-order valence-corrected chi connectivity index (χ4v) is 5.94. The second-order valence-corrected chi connectivity index (χ2v) is 12.2. The summed E-state index contributed by atoms with van der Waals surface area (Å²) in [6.45, 7) is 10.1. The molecule has 0 unspecified atom stereocenters. The van der Waals surface area contributed by atoms with E-state index in [0.717, 1.165) is 30.4 Å². The average molecular weight is 545 g/mol. The third-order valence-electron chi connectivity index (χ3n) is 8.19. The van der Waals surface area contributed by atoms with Crippen LogP contribution in [0.25, 0.3) is 0 Å². The van der Waals surface area contributed by atoms with Gasteiger partial charge in [0.1, 0.15) is 17.9 Å². The number of carbonyl (C=O) groups excluding carboxylic acids is 1. The van der Waals surface area contributed by atoms with Crippen LogP contribution in [-0.2, 0) is 16.1 Å². The summed E-state index contributed by atoms with van der Waals surface area (Å²) >= 11 is 0. The number of nitrogens with one attached hydrogen (secondary N) is 1. The van der Waals surface area contributed by atoms with Crippen LogP contribution in [0.15, 0.2) is 48.5 Å². The van der Waals surface area contributed by atoms with Gasteiger partial charge in [0, 0.05) is 43.6 Å². The number of nitrogens with zero attached hydrogens (tertiary/aromatic N) is 3. The summed E-state index contributed by atoms with van der Waals surface area (Å²) in [7, 11) is 1.94. The molecule has 216 valence electrons. The minimum atomic E-state index is 0.0895. The van der Waals surface area contributed by atoms with E-state index < -0.39 is 0 Å². The van der Waals surface area contributed by atoms with Gasteiger partial charge in [-0.2, -0.15) is 0 Å². The Balaban J connectivity index is 0.000000312. The van der Waals surface area contributed by atoms with E-state index in [1.165, 1.54) is 60.3 Å². The van der Waals surface area contributed by atoms with Crippen LogP contribution in [0, 0.1) is 25.7 Å². The third kappa shape index (κ3) is 8.26. The quantitative estimate of drug-likeness (QED) is 0.176. The normalized spacial score (nSPS) is 18.9. The molecule has 5 rings (SSSR count). The maximum Gasteiger partial charge on any atom is 0.136 e. The van der Waals surface area contributed by atoms with E-state index in [0.29, 0.717) is 31.6 Å². The van der Waals surface area contributed by atoms with E-state index in [2.05, 4.69) is 78.1 Å². The molecule has 0 radical (unpaired) electrons. The number of hydrogen-bond donors (Lipinski definition) is 1. The standard InChI is InChI=1S/C25H35N3O2.C9H13N/c1-18(2)14-20-15-22(16-20)25-27-26-24(28(25)23-8-9-23)21(10-12-29)11-13-30-17-19-6-4-3-5-7-19;1-7-4-5-9(10-3)8(2)6-7/h3-7,12,18,20-23H,8-11,13-17H2,1-2H3;4-6,10H,1-3H3/t20?,21-,22?;/m1./s1. The lowest BCUT2D eigenvalue weighted by atomic mass is 9.71. The highest BCUT2D eigenvalue weighted by atomic mass is 16.5. The van der Waals surface area contributed by atoms with Gasteiger partial charge in [0.2, 0.25) is 0 Å². The van der Waals surface area contributed by atoms with Gasteiger partial charge in [-0.3, -0.25) is 0 Å². The first-order valence-corrected chi connectivity index (χ1v) is 15.1. The van der Waals surface area contributed by atoms with E-state index >= 15 is 0 Å². The molecule has 2 saturated carbocycles. The Hall–Kier alpha value is -2.99. The van der Waals surface area contributed by atoms with Gasteiger partial charge in [-0.25, -0.2) is 0 Å². The largest absolute Gasteiger partial charge is 0.388 e. The number of hydrogen-bond acceptors (Lipinski definition) is 5. The third-order valence-corrected chi connectivity index (χ3v) is 8.19. The predicted molar refractivity (Wildman–Crippen MR) is 163 cm³/mol. The Labute approximate surface area is 240 Å². The summed E-state index contributed by atoms with van der Waals surface area (Å²) in [6, 6.07) is 17.1. The molecule has 1 aromatic heterocycles. The summed E-state index contributed by atoms with van der Waals surface area (Å²) in [6.07, 6.45) is 8.51. The molecule has 0 amide bonds. The lowest BCUT2D eigenvalue weighted by Crippen LogP contribution is -2.26. The molecule has 1 heterocycles. The van der Waals surface area contributed by atoms with Crippen molar-refractivity contribution < 1.29 is 9.53 Å². The van der Waals surface area contributed by atoms with Crippen LogP contribution in [0.2, 0.25) is 0 Å². The molecule has 6 heteroatoms. The van der Waals surface area contributed by atoms with E-state index in [1.807, 2.05) is 25.2 Å². The minimum absolute atomic E-state index is 0.0895. The van der Waals surface area contributed by atoms with Gasteiger partial charge in [0.15, 0.2) is 0 Å². The highest BCUT2D eigenvalue weighted by Gasteiger charge is 2.39. The molecular formula is C34H48N4O2. The summed E-state index contributed by atoms with van der Waals surface area (Å²) in [5.74, 6) is 4.41. The fourth-order valence-electron chi connectivity index (χ4n) is 5.94. The van der Waals surface area contributed by atoms with Crippen molar-refractivity contribution >= 4 is 12.0 Å². The number of benzene rings is 2. The highest BCUT2D eigenvalue weighted by Crippen LogP contribution is 2.47. The van der Waals surface area contributed by atoms with Crippen LogP contribution >= 0.6 is 0 Å². The van der Waals surface area contributed by atoms with Gasteiger partial charge in [-0.1, -0.05) is 61.9 Å². The zero-order chi connectivity index (χ0) is 28.5. The van der Waals surface area contributed by atoms with Gasteiger partial charge >= 0.3 is 0 Å². The zero-order valence-corrected chi connectivity index (χ0v) is 25.1. The molecule has 2 aliphatic rings. The number of aldehydes is 1. The molecule has 1 N–H and O–H groups in total. The molecule has 6 nitrogen and oxygen atoms in total. The van der Waals surface area contributed by atoms with Gasteiger partial charge < -0.3 is 19.4 Å².